The van der Waals surface area contributed by atoms with Gasteiger partial charge >= 0.3 is 0 Å². The largest absolute Gasteiger partial charge is 0.353 e. The zero-order valence-corrected chi connectivity index (χ0v) is 11.5. The molecule has 0 rings (SSSR count). The highest BCUT2D eigenvalue weighted by atomic mass is 35.5. The molecular weight excluding hydrogens is 237 g/mol. The van der Waals surface area contributed by atoms with Crippen LogP contribution in [0.5, 0.6) is 0 Å². The molecule has 0 spiro atoms. The lowest BCUT2D eigenvalue weighted by Gasteiger charge is -2.16. The highest BCUT2D eigenvalue weighted by Crippen LogP contribution is 1.97. The van der Waals surface area contributed by atoms with Gasteiger partial charge in [-0.1, -0.05) is 13.8 Å². The van der Waals surface area contributed by atoms with Gasteiger partial charge in [0.15, 0.2) is 0 Å². The summed E-state index contributed by atoms with van der Waals surface area (Å²) >= 11 is 0. The summed E-state index contributed by atoms with van der Waals surface area (Å²) in [4.78, 5) is 13.3. The third-order valence-corrected chi connectivity index (χ3v) is 1.88. The molecule has 1 unspecified atom stereocenters. The Morgan fingerprint density at radius 1 is 1.33 bits per heavy atom. The Labute approximate surface area is 105 Å². The Kier molecular flexibility index (Phi) is 14.3. The molecule has 0 heterocycles. The van der Waals surface area contributed by atoms with Gasteiger partial charge in [-0.2, -0.15) is 0 Å². The average molecular weight is 260 g/mol. The molecule has 3 N–H and O–H groups in total. The minimum absolute atomic E-state index is 0. The summed E-state index contributed by atoms with van der Waals surface area (Å²) in [7, 11) is 3.93. The van der Waals surface area contributed by atoms with E-state index in [2.05, 4.69) is 5.32 Å². The van der Waals surface area contributed by atoms with Crippen LogP contribution in [0.25, 0.3) is 0 Å². The normalized spacial score (nSPS) is 11.7. The lowest BCUT2D eigenvalue weighted by Crippen LogP contribution is -2.45. The first kappa shape index (κ1) is 20.4. The SMILES string of the molecule is CC(C)C(N)C(=O)NCCN(C)C.Cl.Cl. The second kappa shape index (κ2) is 10.5. The first-order valence-electron chi connectivity index (χ1n) is 4.63. The molecule has 0 saturated heterocycles. The van der Waals surface area contributed by atoms with Crippen molar-refractivity contribution in [3.8, 4) is 0 Å². The first-order chi connectivity index (χ1) is 5.95. The molecule has 0 fully saturated rings. The van der Waals surface area contributed by atoms with E-state index in [-0.39, 0.29) is 42.7 Å². The van der Waals surface area contributed by atoms with Crippen molar-refractivity contribution in [2.24, 2.45) is 11.7 Å². The monoisotopic (exact) mass is 259 g/mol. The molecule has 15 heavy (non-hydrogen) atoms. The summed E-state index contributed by atoms with van der Waals surface area (Å²) in [6.07, 6.45) is 0. The summed E-state index contributed by atoms with van der Waals surface area (Å²) in [6.45, 7) is 5.38. The van der Waals surface area contributed by atoms with Crippen molar-refractivity contribution in [2.75, 3.05) is 27.2 Å². The van der Waals surface area contributed by atoms with Gasteiger partial charge in [-0.15, -0.1) is 24.8 Å². The van der Waals surface area contributed by atoms with Crippen LogP contribution in [-0.2, 0) is 4.79 Å². The van der Waals surface area contributed by atoms with Gasteiger partial charge in [-0.3, -0.25) is 4.79 Å². The first-order valence-corrected chi connectivity index (χ1v) is 4.63. The highest BCUT2D eigenvalue weighted by Gasteiger charge is 2.15. The van der Waals surface area contributed by atoms with E-state index in [1.54, 1.807) is 0 Å². The van der Waals surface area contributed by atoms with Gasteiger partial charge < -0.3 is 16.0 Å². The molecule has 0 radical (unpaired) electrons. The van der Waals surface area contributed by atoms with Gasteiger partial charge in [0.05, 0.1) is 6.04 Å². The van der Waals surface area contributed by atoms with Crippen LogP contribution in [0.4, 0.5) is 0 Å². The van der Waals surface area contributed by atoms with Gasteiger partial charge in [-0.05, 0) is 20.0 Å². The minimum atomic E-state index is -0.387. The predicted octanol–water partition coefficient (Wildman–Crippen LogP) is 0.491. The Morgan fingerprint density at radius 2 is 1.80 bits per heavy atom. The molecule has 0 aliphatic heterocycles. The number of hydrogen-bond donors (Lipinski definition) is 2. The zero-order valence-electron chi connectivity index (χ0n) is 9.82. The van der Waals surface area contributed by atoms with Crippen molar-refractivity contribution < 1.29 is 4.79 Å². The number of nitrogens with two attached hydrogens (primary N) is 1. The van der Waals surface area contributed by atoms with Crippen LogP contribution < -0.4 is 11.1 Å². The Morgan fingerprint density at radius 3 is 2.13 bits per heavy atom. The summed E-state index contributed by atoms with van der Waals surface area (Å²) in [5.74, 6) is 0.135. The van der Waals surface area contributed by atoms with Crippen molar-refractivity contribution in [3.05, 3.63) is 0 Å². The van der Waals surface area contributed by atoms with Crippen LogP contribution in [0.1, 0.15) is 13.8 Å². The lowest BCUT2D eigenvalue weighted by molar-refractivity contribution is -0.123. The molecule has 1 atom stereocenters. The van der Waals surface area contributed by atoms with Crippen LogP contribution in [0.3, 0.4) is 0 Å². The number of rotatable bonds is 5. The number of nitrogens with zero attached hydrogens (tertiary/aromatic N) is 1. The number of halogens is 2. The van der Waals surface area contributed by atoms with Gasteiger partial charge in [0.1, 0.15) is 0 Å². The Hall–Kier alpha value is -0.0300. The smallest absolute Gasteiger partial charge is 0.237 e. The minimum Gasteiger partial charge on any atom is -0.353 e. The van der Waals surface area contributed by atoms with Gasteiger partial charge in [-0.25, -0.2) is 0 Å². The summed E-state index contributed by atoms with van der Waals surface area (Å²) in [5.41, 5.74) is 5.65. The third-order valence-electron chi connectivity index (χ3n) is 1.88. The predicted molar refractivity (Wildman–Crippen MR) is 68.9 cm³/mol. The zero-order chi connectivity index (χ0) is 10.4. The van der Waals surface area contributed by atoms with E-state index in [4.69, 9.17) is 5.73 Å². The van der Waals surface area contributed by atoms with Crippen molar-refractivity contribution in [3.63, 3.8) is 0 Å². The molecular formula is C9H23Cl2N3O. The number of carbonyl (C=O) groups excluding carboxylic acids is 1. The standard InChI is InChI=1S/C9H21N3O.2ClH/c1-7(2)8(10)9(13)11-5-6-12(3)4;;/h7-8H,5-6,10H2,1-4H3,(H,11,13);2*1H. The van der Waals surface area contributed by atoms with Crippen molar-refractivity contribution >= 4 is 30.7 Å². The van der Waals surface area contributed by atoms with Crippen LogP contribution in [0, 0.1) is 5.92 Å². The van der Waals surface area contributed by atoms with Gasteiger partial charge in [0, 0.05) is 13.1 Å². The molecule has 0 bridgehead atoms. The summed E-state index contributed by atoms with van der Waals surface area (Å²) < 4.78 is 0. The lowest BCUT2D eigenvalue weighted by atomic mass is 10.1. The van der Waals surface area contributed by atoms with Gasteiger partial charge in [0.2, 0.25) is 5.91 Å². The average Bonchev–Trinajstić information content (AvgIpc) is 2.02. The fraction of sp³-hybridized carbons (Fsp3) is 0.889. The van der Waals surface area contributed by atoms with E-state index in [0.717, 1.165) is 6.54 Å². The van der Waals surface area contributed by atoms with Crippen LogP contribution >= 0.6 is 24.8 Å². The molecule has 0 aliphatic rings. The topological polar surface area (TPSA) is 58.4 Å². The maximum absolute atomic E-state index is 11.3. The maximum Gasteiger partial charge on any atom is 0.237 e. The molecule has 0 saturated carbocycles. The van der Waals surface area contributed by atoms with Crippen LogP contribution in [0.15, 0.2) is 0 Å². The number of amides is 1. The molecule has 1 amide bonds. The van der Waals surface area contributed by atoms with E-state index < -0.39 is 0 Å². The van der Waals surface area contributed by atoms with Crippen molar-refractivity contribution in [1.29, 1.82) is 0 Å². The second-order valence-electron chi connectivity index (χ2n) is 3.86. The summed E-state index contributed by atoms with van der Waals surface area (Å²) in [5, 5.41) is 2.79. The number of carbonyl (C=O) groups is 1. The molecule has 6 heteroatoms. The quantitative estimate of drug-likeness (QED) is 0.756. The highest BCUT2D eigenvalue weighted by molar-refractivity contribution is 5.85. The van der Waals surface area contributed by atoms with E-state index in [1.807, 2.05) is 32.8 Å². The summed E-state index contributed by atoms with van der Waals surface area (Å²) in [6, 6.07) is -0.387. The van der Waals surface area contributed by atoms with E-state index in [0.29, 0.717) is 6.54 Å². The fourth-order valence-corrected chi connectivity index (χ4v) is 0.823. The van der Waals surface area contributed by atoms with Crippen molar-refractivity contribution in [1.82, 2.24) is 10.2 Å². The third kappa shape index (κ3) is 10.3. The van der Waals surface area contributed by atoms with Crippen LogP contribution in [-0.4, -0.2) is 44.0 Å². The molecule has 0 aromatic heterocycles. The fourth-order valence-electron chi connectivity index (χ4n) is 0.823. The van der Waals surface area contributed by atoms with E-state index >= 15 is 0 Å². The molecule has 0 aromatic rings. The number of likely N-dealkylation sites (N-methyl/N-ethyl adjacent to an activating group) is 1. The second-order valence-corrected chi connectivity index (χ2v) is 3.86. The van der Waals surface area contributed by atoms with E-state index in [9.17, 15) is 4.79 Å². The van der Waals surface area contributed by atoms with Gasteiger partial charge in [0.25, 0.3) is 0 Å². The van der Waals surface area contributed by atoms with Crippen LogP contribution in [0.2, 0.25) is 0 Å². The number of nitrogens with one attached hydrogen (secondary N) is 1. The Balaban J connectivity index is -0.000000720. The molecule has 4 nitrogen and oxygen atoms in total. The Bertz CT molecular complexity index is 165. The van der Waals surface area contributed by atoms with E-state index in [1.165, 1.54) is 0 Å². The molecule has 0 aliphatic carbocycles. The van der Waals surface area contributed by atoms with Crippen molar-refractivity contribution in [2.45, 2.75) is 19.9 Å². The molecule has 0 aromatic carbocycles. The maximum atomic E-state index is 11.3. The molecule has 94 valence electrons. The number of hydrogen-bond acceptors (Lipinski definition) is 3.